The third-order valence-electron chi connectivity index (χ3n) is 5.02. The Morgan fingerprint density at radius 3 is 2.41 bits per heavy atom. The van der Waals surface area contributed by atoms with Crippen LogP contribution in [0.4, 0.5) is 0 Å². The topological polar surface area (TPSA) is 104 Å². The van der Waals surface area contributed by atoms with Crippen LogP contribution in [0.3, 0.4) is 0 Å². The number of hydrogen-bond acceptors (Lipinski definition) is 4. The number of nitrogens with one attached hydrogen (secondary N) is 1. The molecule has 1 atom stereocenters. The van der Waals surface area contributed by atoms with E-state index in [1.165, 1.54) is 23.4 Å². The van der Waals surface area contributed by atoms with Crippen molar-refractivity contribution in [3.8, 4) is 0 Å². The predicted octanol–water partition coefficient (Wildman–Crippen LogP) is 2.54. The Kier molecular flexibility index (Phi) is 6.64. The lowest BCUT2D eigenvalue weighted by atomic mass is 9.95. The Bertz CT molecular complexity index is 815. The molecule has 1 aliphatic rings. The number of sulfonamides is 1. The summed E-state index contributed by atoms with van der Waals surface area (Å²) in [7, 11) is -3.67. The molecule has 1 heterocycles. The minimum Gasteiger partial charge on any atom is -0.480 e. The molecular formula is C19H28N2O5S. The van der Waals surface area contributed by atoms with Crippen molar-refractivity contribution in [2.45, 2.75) is 63.3 Å². The van der Waals surface area contributed by atoms with Gasteiger partial charge in [-0.05, 0) is 50.8 Å². The number of carboxylic acid groups (broad SMARTS) is 1. The third-order valence-corrected chi connectivity index (χ3v) is 6.91. The molecule has 7 nitrogen and oxygen atoms in total. The molecule has 8 heteroatoms. The zero-order valence-corrected chi connectivity index (χ0v) is 16.9. The van der Waals surface area contributed by atoms with Crippen molar-refractivity contribution >= 4 is 21.9 Å². The summed E-state index contributed by atoms with van der Waals surface area (Å²) in [5.74, 6) is -1.70. The molecule has 2 rings (SSSR count). The van der Waals surface area contributed by atoms with Crippen molar-refractivity contribution < 1.29 is 23.1 Å². The molecule has 0 aliphatic carbocycles. The number of nitrogens with zero attached hydrogens (tertiary/aromatic N) is 1. The summed E-state index contributed by atoms with van der Waals surface area (Å²) < 4.78 is 27.2. The number of benzene rings is 1. The quantitative estimate of drug-likeness (QED) is 0.737. The number of hydrogen-bond donors (Lipinski definition) is 2. The van der Waals surface area contributed by atoms with Crippen LogP contribution in [-0.2, 0) is 14.8 Å². The van der Waals surface area contributed by atoms with E-state index in [1.807, 2.05) is 6.92 Å². The second kappa shape index (κ2) is 8.39. The molecule has 2 N–H and O–H groups in total. The second-order valence-electron chi connectivity index (χ2n) is 7.28. The first-order valence-corrected chi connectivity index (χ1v) is 10.7. The first kappa shape index (κ1) is 21.4. The van der Waals surface area contributed by atoms with E-state index in [9.17, 15) is 23.1 Å². The van der Waals surface area contributed by atoms with Crippen LogP contribution in [0.25, 0.3) is 0 Å². The molecule has 1 aliphatic heterocycles. The molecule has 1 amide bonds. The van der Waals surface area contributed by atoms with Gasteiger partial charge >= 0.3 is 5.97 Å². The molecule has 1 aromatic carbocycles. The molecule has 1 fully saturated rings. The number of aryl methyl sites for hydroxylation is 1. The average Bonchev–Trinajstić information content (AvgIpc) is 2.62. The summed E-state index contributed by atoms with van der Waals surface area (Å²) >= 11 is 0. The maximum Gasteiger partial charge on any atom is 0.329 e. The van der Waals surface area contributed by atoms with Crippen LogP contribution in [0.15, 0.2) is 23.1 Å². The Balaban J connectivity index is 2.34. The summed E-state index contributed by atoms with van der Waals surface area (Å²) in [5, 5.41) is 12.0. The van der Waals surface area contributed by atoms with E-state index < -0.39 is 27.4 Å². The lowest BCUT2D eigenvalue weighted by Crippen LogP contribution is -2.52. The molecular weight excluding hydrogens is 368 g/mol. The van der Waals surface area contributed by atoms with E-state index in [0.29, 0.717) is 25.1 Å². The number of amides is 1. The zero-order chi connectivity index (χ0) is 20.2. The first-order chi connectivity index (χ1) is 12.6. The van der Waals surface area contributed by atoms with Crippen molar-refractivity contribution in [2.24, 2.45) is 0 Å². The van der Waals surface area contributed by atoms with Gasteiger partial charge in [0.25, 0.3) is 5.91 Å². The molecule has 0 saturated carbocycles. The Hall–Kier alpha value is -1.93. The van der Waals surface area contributed by atoms with Crippen LogP contribution < -0.4 is 5.32 Å². The van der Waals surface area contributed by atoms with Crippen LogP contribution in [0.2, 0.25) is 0 Å². The van der Waals surface area contributed by atoms with Gasteiger partial charge in [-0.1, -0.05) is 25.8 Å². The number of piperidine rings is 1. The third kappa shape index (κ3) is 4.68. The highest BCUT2D eigenvalue weighted by Crippen LogP contribution is 2.23. The summed E-state index contributed by atoms with van der Waals surface area (Å²) in [6.07, 6.45) is 3.53. The molecule has 0 aromatic heterocycles. The van der Waals surface area contributed by atoms with Crippen molar-refractivity contribution in [3.05, 3.63) is 29.3 Å². The van der Waals surface area contributed by atoms with Gasteiger partial charge < -0.3 is 10.4 Å². The Labute approximate surface area is 160 Å². The summed E-state index contributed by atoms with van der Waals surface area (Å²) in [4.78, 5) is 24.4. The maximum atomic E-state index is 12.9. The van der Waals surface area contributed by atoms with Gasteiger partial charge in [-0.2, -0.15) is 4.31 Å². The van der Waals surface area contributed by atoms with Crippen LogP contribution in [-0.4, -0.2) is 48.3 Å². The van der Waals surface area contributed by atoms with Crippen LogP contribution in [0, 0.1) is 6.92 Å². The highest BCUT2D eigenvalue weighted by molar-refractivity contribution is 7.89. The van der Waals surface area contributed by atoms with E-state index in [4.69, 9.17) is 0 Å². The molecule has 1 unspecified atom stereocenters. The first-order valence-electron chi connectivity index (χ1n) is 9.28. The molecule has 27 heavy (non-hydrogen) atoms. The minimum atomic E-state index is -3.67. The molecule has 0 bridgehead atoms. The highest BCUT2D eigenvalue weighted by atomic mass is 32.2. The van der Waals surface area contributed by atoms with E-state index in [1.54, 1.807) is 13.0 Å². The Morgan fingerprint density at radius 1 is 1.22 bits per heavy atom. The van der Waals surface area contributed by atoms with Crippen LogP contribution >= 0.6 is 0 Å². The maximum absolute atomic E-state index is 12.9. The van der Waals surface area contributed by atoms with E-state index in [-0.39, 0.29) is 16.9 Å². The number of carboxylic acids is 1. The normalized spacial score (nSPS) is 17.9. The fourth-order valence-electron chi connectivity index (χ4n) is 3.30. The van der Waals surface area contributed by atoms with Crippen molar-refractivity contribution in [2.75, 3.05) is 13.1 Å². The van der Waals surface area contributed by atoms with Gasteiger partial charge in [0, 0.05) is 18.7 Å². The van der Waals surface area contributed by atoms with Gasteiger partial charge in [-0.15, -0.1) is 0 Å². The zero-order valence-electron chi connectivity index (χ0n) is 16.1. The molecule has 0 spiro atoms. The summed E-state index contributed by atoms with van der Waals surface area (Å²) in [6.45, 7) is 5.95. The van der Waals surface area contributed by atoms with E-state index in [0.717, 1.165) is 19.3 Å². The number of rotatable bonds is 7. The van der Waals surface area contributed by atoms with Crippen molar-refractivity contribution in [1.82, 2.24) is 9.62 Å². The summed E-state index contributed by atoms with van der Waals surface area (Å²) in [5.41, 5.74) is -0.633. The highest BCUT2D eigenvalue weighted by Gasteiger charge is 2.35. The Morgan fingerprint density at radius 2 is 1.85 bits per heavy atom. The number of carbonyl (C=O) groups excluding carboxylic acids is 1. The SMILES string of the molecule is CCCC(C)(NC(=O)c1cc(S(=O)(=O)N2CCCCC2)ccc1C)C(=O)O. The van der Waals surface area contributed by atoms with Crippen molar-refractivity contribution in [3.63, 3.8) is 0 Å². The molecule has 1 saturated heterocycles. The van der Waals surface area contributed by atoms with Gasteiger partial charge in [0.15, 0.2) is 0 Å². The summed E-state index contributed by atoms with van der Waals surface area (Å²) in [6, 6.07) is 4.44. The fourth-order valence-corrected chi connectivity index (χ4v) is 4.85. The number of aliphatic carboxylic acids is 1. The average molecular weight is 397 g/mol. The standard InChI is InChI=1S/C19H28N2O5S/c1-4-10-19(3,18(23)24)20-17(22)16-13-15(9-8-14(16)2)27(25,26)21-11-6-5-7-12-21/h8-9,13H,4-7,10-12H2,1-3H3,(H,20,22)(H,23,24). The van der Waals surface area contributed by atoms with Crippen LogP contribution in [0.1, 0.15) is 61.9 Å². The minimum absolute atomic E-state index is 0.0627. The lowest BCUT2D eigenvalue weighted by Gasteiger charge is -2.27. The lowest BCUT2D eigenvalue weighted by molar-refractivity contribution is -0.144. The second-order valence-corrected chi connectivity index (χ2v) is 9.22. The smallest absolute Gasteiger partial charge is 0.329 e. The van der Waals surface area contributed by atoms with Gasteiger partial charge in [-0.25, -0.2) is 13.2 Å². The molecule has 0 radical (unpaired) electrons. The van der Waals surface area contributed by atoms with E-state index >= 15 is 0 Å². The fraction of sp³-hybridized carbons (Fsp3) is 0.579. The van der Waals surface area contributed by atoms with Gasteiger partial charge in [0.05, 0.1) is 4.90 Å². The largest absolute Gasteiger partial charge is 0.480 e. The molecule has 1 aromatic rings. The van der Waals surface area contributed by atoms with E-state index in [2.05, 4.69) is 5.32 Å². The molecule has 150 valence electrons. The van der Waals surface area contributed by atoms with Crippen LogP contribution in [0.5, 0.6) is 0 Å². The number of carbonyl (C=O) groups is 2. The van der Waals surface area contributed by atoms with Crippen molar-refractivity contribution in [1.29, 1.82) is 0 Å². The monoisotopic (exact) mass is 396 g/mol. The van der Waals surface area contributed by atoms with Gasteiger partial charge in [0.2, 0.25) is 10.0 Å². The van der Waals surface area contributed by atoms with Gasteiger partial charge in [0.1, 0.15) is 5.54 Å². The predicted molar refractivity (Wildman–Crippen MR) is 102 cm³/mol. The van der Waals surface area contributed by atoms with Gasteiger partial charge in [-0.3, -0.25) is 4.79 Å².